The van der Waals surface area contributed by atoms with Crippen LogP contribution >= 0.6 is 23.1 Å². The first kappa shape index (κ1) is 16.6. The molecule has 2 aromatic rings. The Morgan fingerprint density at radius 3 is 2.68 bits per heavy atom. The molecule has 0 saturated heterocycles. The lowest BCUT2D eigenvalue weighted by atomic mass is 10.3. The van der Waals surface area contributed by atoms with Crippen LogP contribution in [0, 0.1) is 0 Å². The number of rotatable bonds is 8. The van der Waals surface area contributed by atoms with Crippen LogP contribution in [0.2, 0.25) is 0 Å². The Bertz CT molecular complexity index is 602. The van der Waals surface area contributed by atoms with Gasteiger partial charge in [-0.15, -0.1) is 10.2 Å². The molecule has 0 fully saturated rings. The highest BCUT2D eigenvalue weighted by molar-refractivity contribution is 8.01. The van der Waals surface area contributed by atoms with Gasteiger partial charge in [0.2, 0.25) is 5.13 Å². The van der Waals surface area contributed by atoms with Gasteiger partial charge in [0.05, 0.1) is 7.11 Å². The average molecular weight is 339 g/mol. The molecule has 0 aliphatic rings. The van der Waals surface area contributed by atoms with Crippen molar-refractivity contribution in [3.63, 3.8) is 0 Å². The Kier molecular flexibility index (Phi) is 6.47. The van der Waals surface area contributed by atoms with E-state index in [1.165, 1.54) is 11.3 Å². The van der Waals surface area contributed by atoms with E-state index >= 15 is 0 Å². The van der Waals surface area contributed by atoms with Crippen LogP contribution in [0.1, 0.15) is 13.3 Å². The molecule has 1 N–H and O–H groups in total. The minimum absolute atomic E-state index is 0.0800. The SMILES string of the molecule is CCCSc1nnc(NC(=O)COc2ccc(OC)cc2)s1. The van der Waals surface area contributed by atoms with Crippen LogP contribution in [-0.4, -0.2) is 35.6 Å². The molecule has 0 saturated carbocycles. The van der Waals surface area contributed by atoms with E-state index in [4.69, 9.17) is 9.47 Å². The zero-order chi connectivity index (χ0) is 15.8. The minimum atomic E-state index is -0.265. The zero-order valence-corrected chi connectivity index (χ0v) is 14.0. The maximum Gasteiger partial charge on any atom is 0.264 e. The van der Waals surface area contributed by atoms with Gasteiger partial charge < -0.3 is 9.47 Å². The first-order valence-corrected chi connectivity index (χ1v) is 8.54. The average Bonchev–Trinajstić information content (AvgIpc) is 2.98. The smallest absolute Gasteiger partial charge is 0.264 e. The molecular formula is C14H17N3O3S2. The summed E-state index contributed by atoms with van der Waals surface area (Å²) in [6.07, 6.45) is 1.07. The van der Waals surface area contributed by atoms with E-state index in [9.17, 15) is 4.79 Å². The van der Waals surface area contributed by atoms with E-state index in [0.29, 0.717) is 10.9 Å². The summed E-state index contributed by atoms with van der Waals surface area (Å²) in [5.41, 5.74) is 0. The van der Waals surface area contributed by atoms with Crippen molar-refractivity contribution in [1.82, 2.24) is 10.2 Å². The van der Waals surface area contributed by atoms with Crippen LogP contribution < -0.4 is 14.8 Å². The van der Waals surface area contributed by atoms with Crippen molar-refractivity contribution in [1.29, 1.82) is 0 Å². The second-order valence-electron chi connectivity index (χ2n) is 4.23. The molecule has 6 nitrogen and oxygen atoms in total. The van der Waals surface area contributed by atoms with Crippen molar-refractivity contribution < 1.29 is 14.3 Å². The third-order valence-electron chi connectivity index (χ3n) is 2.51. The van der Waals surface area contributed by atoms with Crippen LogP contribution in [0.3, 0.4) is 0 Å². The molecule has 0 atom stereocenters. The first-order valence-electron chi connectivity index (χ1n) is 6.74. The summed E-state index contributed by atoms with van der Waals surface area (Å²) >= 11 is 3.00. The predicted molar refractivity (Wildman–Crippen MR) is 88.0 cm³/mol. The number of methoxy groups -OCH3 is 1. The van der Waals surface area contributed by atoms with Gasteiger partial charge in [-0.05, 0) is 30.7 Å². The van der Waals surface area contributed by atoms with Gasteiger partial charge in [-0.1, -0.05) is 30.0 Å². The van der Waals surface area contributed by atoms with Gasteiger partial charge in [0, 0.05) is 5.75 Å². The molecule has 2 rings (SSSR count). The Labute approximate surface area is 137 Å². The molecule has 1 aromatic carbocycles. The number of benzene rings is 1. The fraction of sp³-hybridized carbons (Fsp3) is 0.357. The number of amides is 1. The fourth-order valence-corrected chi connectivity index (χ4v) is 3.18. The van der Waals surface area contributed by atoms with Crippen molar-refractivity contribution in [3.8, 4) is 11.5 Å². The molecule has 0 spiro atoms. The molecule has 1 aromatic heterocycles. The quantitative estimate of drug-likeness (QED) is 0.588. The largest absolute Gasteiger partial charge is 0.497 e. The summed E-state index contributed by atoms with van der Waals surface area (Å²) in [6, 6.07) is 7.04. The van der Waals surface area contributed by atoms with E-state index in [2.05, 4.69) is 22.4 Å². The number of carbonyl (C=O) groups is 1. The van der Waals surface area contributed by atoms with Gasteiger partial charge in [-0.2, -0.15) is 0 Å². The van der Waals surface area contributed by atoms with Crippen molar-refractivity contribution in [2.45, 2.75) is 17.7 Å². The molecular weight excluding hydrogens is 322 g/mol. The minimum Gasteiger partial charge on any atom is -0.497 e. The number of carbonyl (C=O) groups excluding carboxylic acids is 1. The van der Waals surface area contributed by atoms with Gasteiger partial charge in [0.15, 0.2) is 10.9 Å². The van der Waals surface area contributed by atoms with Crippen LogP contribution in [-0.2, 0) is 4.79 Å². The van der Waals surface area contributed by atoms with Crippen molar-refractivity contribution >= 4 is 34.1 Å². The monoisotopic (exact) mass is 339 g/mol. The molecule has 0 aliphatic carbocycles. The van der Waals surface area contributed by atoms with E-state index in [0.717, 1.165) is 22.3 Å². The zero-order valence-electron chi connectivity index (χ0n) is 12.4. The van der Waals surface area contributed by atoms with Crippen molar-refractivity contribution in [3.05, 3.63) is 24.3 Å². The van der Waals surface area contributed by atoms with E-state index in [1.807, 2.05) is 0 Å². The van der Waals surface area contributed by atoms with Crippen molar-refractivity contribution in [2.75, 3.05) is 24.8 Å². The third kappa shape index (κ3) is 5.19. The molecule has 1 amide bonds. The second kappa shape index (κ2) is 8.60. The van der Waals surface area contributed by atoms with E-state index < -0.39 is 0 Å². The summed E-state index contributed by atoms with van der Waals surface area (Å²) in [7, 11) is 1.60. The first-order chi connectivity index (χ1) is 10.7. The van der Waals surface area contributed by atoms with Gasteiger partial charge >= 0.3 is 0 Å². The number of hydrogen-bond donors (Lipinski definition) is 1. The van der Waals surface area contributed by atoms with Gasteiger partial charge in [-0.25, -0.2) is 0 Å². The molecule has 8 heteroatoms. The molecule has 0 bridgehead atoms. The summed E-state index contributed by atoms with van der Waals surface area (Å²) in [5.74, 6) is 2.07. The van der Waals surface area contributed by atoms with Crippen LogP contribution in [0.15, 0.2) is 28.6 Å². The third-order valence-corrected chi connectivity index (χ3v) is 4.69. The van der Waals surface area contributed by atoms with Crippen molar-refractivity contribution in [2.24, 2.45) is 0 Å². The molecule has 0 radical (unpaired) electrons. The second-order valence-corrected chi connectivity index (χ2v) is 6.55. The predicted octanol–water partition coefficient (Wildman–Crippen LogP) is 3.07. The number of thioether (sulfide) groups is 1. The highest BCUT2D eigenvalue weighted by Gasteiger charge is 2.09. The number of ether oxygens (including phenoxy) is 2. The van der Waals surface area contributed by atoms with Crippen LogP contribution in [0.5, 0.6) is 11.5 Å². The lowest BCUT2D eigenvalue weighted by Crippen LogP contribution is -2.20. The lowest BCUT2D eigenvalue weighted by Gasteiger charge is -2.06. The number of anilines is 1. The molecule has 0 unspecified atom stereocenters. The Hall–Kier alpha value is -1.80. The maximum atomic E-state index is 11.8. The standard InChI is InChI=1S/C14H17N3O3S2/c1-3-8-21-14-17-16-13(22-14)15-12(18)9-20-11-6-4-10(19-2)5-7-11/h4-7H,3,8-9H2,1-2H3,(H,15,16,18). The highest BCUT2D eigenvalue weighted by Crippen LogP contribution is 2.25. The molecule has 1 heterocycles. The number of nitrogens with one attached hydrogen (secondary N) is 1. The lowest BCUT2D eigenvalue weighted by molar-refractivity contribution is -0.118. The van der Waals surface area contributed by atoms with Crippen LogP contribution in [0.4, 0.5) is 5.13 Å². The van der Waals surface area contributed by atoms with E-state index in [1.54, 1.807) is 43.1 Å². The van der Waals surface area contributed by atoms with Gasteiger partial charge in [0.1, 0.15) is 11.5 Å². The fourth-order valence-electron chi connectivity index (χ4n) is 1.48. The summed E-state index contributed by atoms with van der Waals surface area (Å²) in [4.78, 5) is 11.8. The number of hydrogen-bond acceptors (Lipinski definition) is 7. The Balaban J connectivity index is 1.78. The molecule has 22 heavy (non-hydrogen) atoms. The van der Waals surface area contributed by atoms with Gasteiger partial charge in [0.25, 0.3) is 5.91 Å². The van der Waals surface area contributed by atoms with Gasteiger partial charge in [-0.3, -0.25) is 10.1 Å². The Morgan fingerprint density at radius 1 is 1.27 bits per heavy atom. The summed E-state index contributed by atoms with van der Waals surface area (Å²) < 4.78 is 11.3. The Morgan fingerprint density at radius 2 is 2.00 bits per heavy atom. The number of nitrogens with zero attached hydrogens (tertiary/aromatic N) is 2. The topological polar surface area (TPSA) is 73.3 Å². The summed E-state index contributed by atoms with van der Waals surface area (Å²) in [5, 5.41) is 11.1. The van der Waals surface area contributed by atoms with Crippen LogP contribution in [0.25, 0.3) is 0 Å². The molecule has 0 aliphatic heterocycles. The van der Waals surface area contributed by atoms with E-state index in [-0.39, 0.29) is 12.5 Å². The maximum absolute atomic E-state index is 11.8. The number of aromatic nitrogens is 2. The summed E-state index contributed by atoms with van der Waals surface area (Å²) in [6.45, 7) is 2.02. The molecule has 118 valence electrons. The normalized spacial score (nSPS) is 10.3. The highest BCUT2D eigenvalue weighted by atomic mass is 32.2.